The third kappa shape index (κ3) is 7.07. The third-order valence-electron chi connectivity index (χ3n) is 3.64. The molecule has 0 aliphatic carbocycles. The SMILES string of the molecule is CCCOc1ccc(C(=O)N/N=C/c2cc(Br)c(OCC(=O)O)c(OCC)c2)cc1. The molecular weight excluding hydrogens is 456 g/mol. The van der Waals surface area contributed by atoms with Crippen molar-refractivity contribution in [1.82, 2.24) is 5.43 Å². The van der Waals surface area contributed by atoms with Gasteiger partial charge in [0, 0.05) is 5.56 Å². The molecule has 2 aromatic carbocycles. The standard InChI is InChI=1S/C21H23BrN2O6/c1-3-9-29-16-7-5-15(6-8-16)21(27)24-23-12-14-10-17(22)20(30-13-19(25)26)18(11-14)28-4-2/h5-8,10-12H,3-4,9,13H2,1-2H3,(H,24,27)(H,25,26)/b23-12+. The van der Waals surface area contributed by atoms with Crippen LogP contribution in [-0.4, -0.2) is 43.0 Å². The molecule has 2 N–H and O–H groups in total. The van der Waals surface area contributed by atoms with Gasteiger partial charge in [0.25, 0.3) is 5.91 Å². The van der Waals surface area contributed by atoms with Crippen LogP contribution in [0.4, 0.5) is 0 Å². The molecule has 0 fully saturated rings. The van der Waals surface area contributed by atoms with Crippen molar-refractivity contribution in [2.24, 2.45) is 5.10 Å². The summed E-state index contributed by atoms with van der Waals surface area (Å²) >= 11 is 3.34. The summed E-state index contributed by atoms with van der Waals surface area (Å²) in [6.07, 6.45) is 2.36. The van der Waals surface area contributed by atoms with E-state index in [1.165, 1.54) is 6.21 Å². The summed E-state index contributed by atoms with van der Waals surface area (Å²) in [6.45, 7) is 4.31. The molecule has 0 saturated heterocycles. The molecule has 2 rings (SSSR count). The second kappa shape index (κ2) is 11.8. The van der Waals surface area contributed by atoms with Crippen LogP contribution in [0.3, 0.4) is 0 Å². The number of carbonyl (C=O) groups excluding carboxylic acids is 1. The van der Waals surface area contributed by atoms with Gasteiger partial charge in [0.2, 0.25) is 0 Å². The Labute approximate surface area is 183 Å². The number of hydrogen-bond acceptors (Lipinski definition) is 6. The van der Waals surface area contributed by atoms with Gasteiger partial charge in [-0.05, 0) is 71.2 Å². The highest BCUT2D eigenvalue weighted by Crippen LogP contribution is 2.36. The Hall–Kier alpha value is -3.07. The first-order chi connectivity index (χ1) is 14.4. The van der Waals surface area contributed by atoms with Crippen molar-refractivity contribution in [3.05, 3.63) is 52.0 Å². The second-order valence-corrected chi connectivity index (χ2v) is 6.87. The molecule has 0 bridgehead atoms. The van der Waals surface area contributed by atoms with E-state index >= 15 is 0 Å². The average molecular weight is 479 g/mol. The lowest BCUT2D eigenvalue weighted by Gasteiger charge is -2.13. The van der Waals surface area contributed by atoms with E-state index in [-0.39, 0.29) is 11.7 Å². The first-order valence-corrected chi connectivity index (χ1v) is 10.1. The molecule has 30 heavy (non-hydrogen) atoms. The molecule has 2 aromatic rings. The number of carbonyl (C=O) groups is 2. The zero-order chi connectivity index (χ0) is 21.9. The number of rotatable bonds is 11. The summed E-state index contributed by atoms with van der Waals surface area (Å²) < 4.78 is 16.8. The molecule has 1 amide bonds. The largest absolute Gasteiger partial charge is 0.494 e. The molecule has 0 atom stereocenters. The van der Waals surface area contributed by atoms with Gasteiger partial charge < -0.3 is 19.3 Å². The first-order valence-electron chi connectivity index (χ1n) is 9.31. The summed E-state index contributed by atoms with van der Waals surface area (Å²) in [5, 5.41) is 12.8. The summed E-state index contributed by atoms with van der Waals surface area (Å²) in [7, 11) is 0. The van der Waals surface area contributed by atoms with Crippen LogP contribution in [0, 0.1) is 0 Å². The van der Waals surface area contributed by atoms with Crippen LogP contribution >= 0.6 is 15.9 Å². The molecule has 9 heteroatoms. The van der Waals surface area contributed by atoms with E-state index in [1.54, 1.807) is 43.3 Å². The molecule has 0 radical (unpaired) electrons. The van der Waals surface area contributed by atoms with Crippen molar-refractivity contribution in [2.45, 2.75) is 20.3 Å². The molecule has 0 saturated carbocycles. The maximum Gasteiger partial charge on any atom is 0.341 e. The number of halogens is 1. The molecule has 0 heterocycles. The maximum absolute atomic E-state index is 12.2. The van der Waals surface area contributed by atoms with Crippen molar-refractivity contribution in [2.75, 3.05) is 19.8 Å². The second-order valence-electron chi connectivity index (χ2n) is 6.02. The van der Waals surface area contributed by atoms with Gasteiger partial charge in [-0.2, -0.15) is 5.10 Å². The van der Waals surface area contributed by atoms with Crippen molar-refractivity contribution < 1.29 is 28.9 Å². The summed E-state index contributed by atoms with van der Waals surface area (Å²) in [4.78, 5) is 23.0. The van der Waals surface area contributed by atoms with Crippen LogP contribution < -0.4 is 19.6 Å². The Morgan fingerprint density at radius 1 is 1.13 bits per heavy atom. The number of carboxylic acid groups (broad SMARTS) is 1. The molecule has 0 aromatic heterocycles. The summed E-state index contributed by atoms with van der Waals surface area (Å²) in [5.41, 5.74) is 3.53. The fraction of sp³-hybridized carbons (Fsp3) is 0.286. The van der Waals surface area contributed by atoms with Gasteiger partial charge in [0.15, 0.2) is 18.1 Å². The van der Waals surface area contributed by atoms with Gasteiger partial charge in [-0.1, -0.05) is 6.92 Å². The quantitative estimate of drug-likeness (QED) is 0.375. The Morgan fingerprint density at radius 3 is 2.50 bits per heavy atom. The Kier molecular flexibility index (Phi) is 9.14. The normalized spacial score (nSPS) is 10.6. The number of amides is 1. The van der Waals surface area contributed by atoms with Crippen molar-refractivity contribution >= 4 is 34.0 Å². The van der Waals surface area contributed by atoms with E-state index in [0.717, 1.165) is 6.42 Å². The van der Waals surface area contributed by atoms with Crippen LogP contribution in [0.15, 0.2) is 46.0 Å². The zero-order valence-electron chi connectivity index (χ0n) is 16.7. The monoisotopic (exact) mass is 478 g/mol. The molecule has 0 aliphatic rings. The van der Waals surface area contributed by atoms with Crippen LogP contribution in [0.5, 0.6) is 17.2 Å². The third-order valence-corrected chi connectivity index (χ3v) is 4.23. The molecule has 8 nitrogen and oxygen atoms in total. The molecule has 0 aliphatic heterocycles. The fourth-order valence-corrected chi connectivity index (χ4v) is 2.93. The van der Waals surface area contributed by atoms with Crippen LogP contribution in [-0.2, 0) is 4.79 Å². The van der Waals surface area contributed by atoms with Crippen molar-refractivity contribution in [1.29, 1.82) is 0 Å². The van der Waals surface area contributed by atoms with E-state index < -0.39 is 12.6 Å². The Morgan fingerprint density at radius 2 is 1.87 bits per heavy atom. The van der Waals surface area contributed by atoms with E-state index in [2.05, 4.69) is 26.5 Å². The number of benzene rings is 2. The van der Waals surface area contributed by atoms with Gasteiger partial charge >= 0.3 is 5.97 Å². The topological polar surface area (TPSA) is 106 Å². The van der Waals surface area contributed by atoms with E-state index in [9.17, 15) is 9.59 Å². The highest BCUT2D eigenvalue weighted by molar-refractivity contribution is 9.10. The van der Waals surface area contributed by atoms with Crippen LogP contribution in [0.25, 0.3) is 0 Å². The number of carboxylic acids is 1. The van der Waals surface area contributed by atoms with Crippen LogP contribution in [0.2, 0.25) is 0 Å². The number of hydrogen-bond donors (Lipinski definition) is 2. The predicted molar refractivity (Wildman–Crippen MR) is 116 cm³/mol. The van der Waals surface area contributed by atoms with Gasteiger partial charge in [0.1, 0.15) is 5.75 Å². The average Bonchev–Trinajstić information content (AvgIpc) is 2.72. The lowest BCUT2D eigenvalue weighted by molar-refractivity contribution is -0.139. The minimum Gasteiger partial charge on any atom is -0.494 e. The fourth-order valence-electron chi connectivity index (χ4n) is 2.35. The Balaban J connectivity index is 2.05. The molecular formula is C21H23BrN2O6. The first kappa shape index (κ1) is 23.2. The minimum atomic E-state index is -1.09. The highest BCUT2D eigenvalue weighted by Gasteiger charge is 2.13. The summed E-state index contributed by atoms with van der Waals surface area (Å²) in [6, 6.07) is 10.1. The maximum atomic E-state index is 12.2. The highest BCUT2D eigenvalue weighted by atomic mass is 79.9. The number of nitrogens with one attached hydrogen (secondary N) is 1. The van der Waals surface area contributed by atoms with E-state index in [4.69, 9.17) is 19.3 Å². The van der Waals surface area contributed by atoms with E-state index in [1.807, 2.05) is 6.92 Å². The van der Waals surface area contributed by atoms with Crippen molar-refractivity contribution in [3.8, 4) is 17.2 Å². The predicted octanol–water partition coefficient (Wildman–Crippen LogP) is 3.86. The van der Waals surface area contributed by atoms with E-state index in [0.29, 0.717) is 40.3 Å². The lowest BCUT2D eigenvalue weighted by atomic mass is 10.2. The number of nitrogens with zero attached hydrogens (tertiary/aromatic N) is 1. The smallest absolute Gasteiger partial charge is 0.341 e. The number of ether oxygens (including phenoxy) is 3. The summed E-state index contributed by atoms with van der Waals surface area (Å²) in [5.74, 6) is -0.105. The molecule has 0 spiro atoms. The zero-order valence-corrected chi connectivity index (χ0v) is 18.3. The van der Waals surface area contributed by atoms with Crippen LogP contribution in [0.1, 0.15) is 36.2 Å². The molecule has 160 valence electrons. The van der Waals surface area contributed by atoms with Gasteiger partial charge in [0.05, 0.1) is 23.9 Å². The Bertz CT molecular complexity index is 899. The molecule has 0 unspecified atom stereocenters. The van der Waals surface area contributed by atoms with Gasteiger partial charge in [-0.15, -0.1) is 0 Å². The van der Waals surface area contributed by atoms with Gasteiger partial charge in [-0.3, -0.25) is 4.79 Å². The lowest BCUT2D eigenvalue weighted by Crippen LogP contribution is -2.17. The van der Waals surface area contributed by atoms with Gasteiger partial charge in [-0.25, -0.2) is 10.2 Å². The minimum absolute atomic E-state index is 0.283. The number of aliphatic carboxylic acids is 1. The number of hydrazone groups is 1. The van der Waals surface area contributed by atoms with Crippen molar-refractivity contribution in [3.63, 3.8) is 0 Å².